The fourth-order valence-corrected chi connectivity index (χ4v) is 1.63. The highest BCUT2D eigenvalue weighted by Crippen LogP contribution is 2.24. The second-order valence-electron chi connectivity index (χ2n) is 3.95. The largest absolute Gasteiger partial charge is 0.508 e. The van der Waals surface area contributed by atoms with E-state index in [9.17, 15) is 5.11 Å². The topological polar surface area (TPSA) is 98.1 Å². The van der Waals surface area contributed by atoms with Gasteiger partial charge < -0.3 is 15.4 Å². The Morgan fingerprint density at radius 2 is 2.00 bits per heavy atom. The predicted molar refractivity (Wildman–Crippen MR) is 69.0 cm³/mol. The summed E-state index contributed by atoms with van der Waals surface area (Å²) in [6, 6.07) is 10.1. The van der Waals surface area contributed by atoms with Crippen LogP contribution in [-0.4, -0.2) is 20.2 Å². The predicted octanol–water partition coefficient (Wildman–Crippen LogP) is 2.09. The minimum absolute atomic E-state index is 0.151. The maximum atomic E-state index is 9.42. The summed E-state index contributed by atoms with van der Waals surface area (Å²) in [6.45, 7) is 0. The van der Waals surface area contributed by atoms with Gasteiger partial charge in [-0.3, -0.25) is 0 Å². The van der Waals surface area contributed by atoms with E-state index in [4.69, 9.17) is 10.3 Å². The first-order valence-electron chi connectivity index (χ1n) is 5.57. The Balaban J connectivity index is 1.97. The van der Waals surface area contributed by atoms with Crippen LogP contribution in [0, 0.1) is 0 Å². The van der Waals surface area contributed by atoms with Gasteiger partial charge in [-0.25, -0.2) is 4.98 Å². The summed E-state index contributed by atoms with van der Waals surface area (Å²) in [4.78, 5) is 8.21. The average Bonchev–Trinajstić information content (AvgIpc) is 2.89. The van der Waals surface area contributed by atoms with Gasteiger partial charge in [0.25, 0.3) is 5.89 Å². The van der Waals surface area contributed by atoms with Crippen molar-refractivity contribution in [2.45, 2.75) is 0 Å². The normalized spacial score (nSPS) is 10.5. The lowest BCUT2D eigenvalue weighted by Crippen LogP contribution is -1.89. The van der Waals surface area contributed by atoms with Gasteiger partial charge in [0.2, 0.25) is 5.82 Å². The second kappa shape index (κ2) is 4.41. The first-order valence-corrected chi connectivity index (χ1v) is 5.57. The highest BCUT2D eigenvalue weighted by molar-refractivity contribution is 5.61. The van der Waals surface area contributed by atoms with Crippen LogP contribution < -0.4 is 5.73 Å². The van der Waals surface area contributed by atoms with E-state index >= 15 is 0 Å². The molecule has 94 valence electrons. The molecule has 3 N–H and O–H groups in total. The van der Waals surface area contributed by atoms with Crippen LogP contribution in [0.5, 0.6) is 5.75 Å². The van der Waals surface area contributed by atoms with Crippen molar-refractivity contribution >= 4 is 5.82 Å². The molecule has 3 aromatic rings. The van der Waals surface area contributed by atoms with Crippen molar-refractivity contribution in [3.05, 3.63) is 42.6 Å². The molecule has 0 unspecified atom stereocenters. The lowest BCUT2D eigenvalue weighted by atomic mass is 10.2. The Morgan fingerprint density at radius 1 is 1.11 bits per heavy atom. The second-order valence-corrected chi connectivity index (χ2v) is 3.95. The number of aromatic hydroxyl groups is 1. The molecule has 0 spiro atoms. The van der Waals surface area contributed by atoms with E-state index in [-0.39, 0.29) is 5.75 Å². The third-order valence-corrected chi connectivity index (χ3v) is 2.56. The lowest BCUT2D eigenvalue weighted by molar-refractivity contribution is 0.432. The number of phenolic OH excluding ortho intramolecular Hbond substituents is 1. The zero-order valence-electron chi connectivity index (χ0n) is 9.82. The van der Waals surface area contributed by atoms with Crippen molar-refractivity contribution in [1.29, 1.82) is 0 Å². The van der Waals surface area contributed by atoms with Gasteiger partial charge in [-0.15, -0.1) is 0 Å². The van der Waals surface area contributed by atoms with Crippen molar-refractivity contribution < 1.29 is 9.63 Å². The fourth-order valence-electron chi connectivity index (χ4n) is 1.63. The van der Waals surface area contributed by atoms with Gasteiger partial charge in [0.15, 0.2) is 0 Å². The standard InChI is InChI=1S/C13H10N4O2/c14-11-5-4-9(7-15-11)13-16-12(17-19-13)8-2-1-3-10(18)6-8/h1-7,18H,(H2,14,15). The quantitative estimate of drug-likeness (QED) is 0.726. The van der Waals surface area contributed by atoms with Gasteiger partial charge in [0.1, 0.15) is 11.6 Å². The van der Waals surface area contributed by atoms with Gasteiger partial charge in [-0.2, -0.15) is 4.98 Å². The number of rotatable bonds is 2. The van der Waals surface area contributed by atoms with Gasteiger partial charge in [0, 0.05) is 11.8 Å². The highest BCUT2D eigenvalue weighted by Gasteiger charge is 2.11. The Hall–Kier alpha value is -2.89. The average molecular weight is 254 g/mol. The molecular formula is C13H10N4O2. The Kier molecular flexibility index (Phi) is 2.60. The lowest BCUT2D eigenvalue weighted by Gasteiger charge is -1.95. The summed E-state index contributed by atoms with van der Waals surface area (Å²) in [5, 5.41) is 13.3. The monoisotopic (exact) mass is 254 g/mol. The van der Waals surface area contributed by atoms with Crippen LogP contribution in [-0.2, 0) is 0 Å². The van der Waals surface area contributed by atoms with Crippen molar-refractivity contribution in [3.8, 4) is 28.6 Å². The van der Waals surface area contributed by atoms with E-state index in [0.29, 0.717) is 28.7 Å². The molecule has 0 aliphatic carbocycles. The van der Waals surface area contributed by atoms with Crippen molar-refractivity contribution in [2.75, 3.05) is 5.73 Å². The molecule has 0 radical (unpaired) electrons. The van der Waals surface area contributed by atoms with E-state index in [1.54, 1.807) is 42.6 Å². The molecular weight excluding hydrogens is 244 g/mol. The molecule has 3 rings (SSSR count). The number of benzene rings is 1. The minimum atomic E-state index is 0.151. The molecule has 0 bridgehead atoms. The van der Waals surface area contributed by atoms with E-state index in [0.717, 1.165) is 0 Å². The number of hydrogen-bond donors (Lipinski definition) is 2. The van der Waals surface area contributed by atoms with Crippen LogP contribution >= 0.6 is 0 Å². The number of nitrogens with zero attached hydrogens (tertiary/aromatic N) is 3. The van der Waals surface area contributed by atoms with Crippen LogP contribution in [0.3, 0.4) is 0 Å². The summed E-state index contributed by atoms with van der Waals surface area (Å²) in [6.07, 6.45) is 1.56. The third kappa shape index (κ3) is 2.23. The molecule has 1 aromatic carbocycles. The van der Waals surface area contributed by atoms with E-state index in [1.807, 2.05) is 0 Å². The zero-order valence-corrected chi connectivity index (χ0v) is 9.82. The van der Waals surface area contributed by atoms with Crippen molar-refractivity contribution in [1.82, 2.24) is 15.1 Å². The van der Waals surface area contributed by atoms with Crippen LogP contribution in [0.2, 0.25) is 0 Å². The molecule has 2 aromatic heterocycles. The minimum Gasteiger partial charge on any atom is -0.508 e. The van der Waals surface area contributed by atoms with Gasteiger partial charge >= 0.3 is 0 Å². The summed E-state index contributed by atoms with van der Waals surface area (Å²) in [7, 11) is 0. The van der Waals surface area contributed by atoms with Crippen molar-refractivity contribution in [2.24, 2.45) is 0 Å². The maximum Gasteiger partial charge on any atom is 0.259 e. The van der Waals surface area contributed by atoms with Crippen LogP contribution in [0.1, 0.15) is 0 Å². The van der Waals surface area contributed by atoms with Gasteiger partial charge in [0.05, 0.1) is 5.56 Å². The number of anilines is 1. The molecule has 0 fully saturated rings. The number of nitrogen functional groups attached to an aromatic ring is 1. The van der Waals surface area contributed by atoms with Crippen LogP contribution in [0.15, 0.2) is 47.1 Å². The highest BCUT2D eigenvalue weighted by atomic mass is 16.5. The molecule has 0 saturated heterocycles. The zero-order chi connectivity index (χ0) is 13.2. The number of nitrogens with two attached hydrogens (primary N) is 1. The molecule has 0 aliphatic rings. The first-order chi connectivity index (χ1) is 9.22. The summed E-state index contributed by atoms with van der Waals surface area (Å²) < 4.78 is 5.16. The molecule has 0 amide bonds. The molecule has 6 heteroatoms. The van der Waals surface area contributed by atoms with Crippen molar-refractivity contribution in [3.63, 3.8) is 0 Å². The Morgan fingerprint density at radius 3 is 2.74 bits per heavy atom. The summed E-state index contributed by atoms with van der Waals surface area (Å²) in [5.74, 6) is 1.34. The SMILES string of the molecule is Nc1ccc(-c2nc(-c3cccc(O)c3)no2)cn1. The van der Waals surface area contributed by atoms with E-state index < -0.39 is 0 Å². The molecule has 0 saturated carbocycles. The van der Waals surface area contributed by atoms with E-state index in [1.165, 1.54) is 0 Å². The fraction of sp³-hybridized carbons (Fsp3) is 0. The van der Waals surface area contributed by atoms with Crippen LogP contribution in [0.25, 0.3) is 22.8 Å². The Labute approximate surface area is 108 Å². The van der Waals surface area contributed by atoms with Crippen LogP contribution in [0.4, 0.5) is 5.82 Å². The third-order valence-electron chi connectivity index (χ3n) is 2.56. The molecule has 19 heavy (non-hydrogen) atoms. The number of pyridine rings is 1. The number of hydrogen-bond acceptors (Lipinski definition) is 6. The molecule has 0 atom stereocenters. The Bertz CT molecular complexity index is 707. The molecule has 0 aliphatic heterocycles. The van der Waals surface area contributed by atoms with Gasteiger partial charge in [-0.1, -0.05) is 17.3 Å². The summed E-state index contributed by atoms with van der Waals surface area (Å²) >= 11 is 0. The van der Waals surface area contributed by atoms with E-state index in [2.05, 4.69) is 15.1 Å². The number of aromatic nitrogens is 3. The van der Waals surface area contributed by atoms with Gasteiger partial charge in [-0.05, 0) is 24.3 Å². The number of phenols is 1. The summed E-state index contributed by atoms with van der Waals surface area (Å²) in [5.41, 5.74) is 6.88. The maximum absolute atomic E-state index is 9.42. The first kappa shape index (κ1) is 11.2. The molecule has 6 nitrogen and oxygen atoms in total. The smallest absolute Gasteiger partial charge is 0.259 e. The molecule has 2 heterocycles.